The molecule has 1 heterocycles. The molecule has 0 radical (unpaired) electrons. The molecule has 2 nitrogen and oxygen atoms in total. The lowest BCUT2D eigenvalue weighted by atomic mass is 10.1. The second-order valence-corrected chi connectivity index (χ2v) is 5.67. The van der Waals surface area contributed by atoms with Crippen molar-refractivity contribution >= 4 is 0 Å². The smallest absolute Gasteiger partial charge is 0.141 e. The molecule has 0 fully saturated rings. The molecule has 1 N–H and O–H groups in total. The lowest BCUT2D eigenvalue weighted by Crippen LogP contribution is -1.88. The first-order valence-electron chi connectivity index (χ1n) is 7.88. The maximum absolute atomic E-state index is 14.2. The Labute approximate surface area is 143 Å². The maximum atomic E-state index is 14.2. The summed E-state index contributed by atoms with van der Waals surface area (Å²) in [5.41, 5.74) is 3.63. The topological polar surface area (TPSA) is 28.7 Å². The van der Waals surface area contributed by atoms with Gasteiger partial charge in [-0.2, -0.15) is 0 Å². The zero-order valence-corrected chi connectivity index (χ0v) is 13.2. The normalized spacial score (nSPS) is 10.8. The number of imidazole rings is 1. The highest BCUT2D eigenvalue weighted by Crippen LogP contribution is 2.33. The van der Waals surface area contributed by atoms with Crippen molar-refractivity contribution in [3.63, 3.8) is 0 Å². The van der Waals surface area contributed by atoms with Gasteiger partial charge in [-0.1, -0.05) is 60.7 Å². The molecule has 4 rings (SSSR count). The van der Waals surface area contributed by atoms with Crippen LogP contribution in [0, 0.1) is 11.6 Å². The number of aromatic nitrogens is 2. The average molecular weight is 332 g/mol. The summed E-state index contributed by atoms with van der Waals surface area (Å²) in [6.45, 7) is 0. The first kappa shape index (κ1) is 15.3. The Morgan fingerprint density at radius 3 is 2.00 bits per heavy atom. The van der Waals surface area contributed by atoms with E-state index in [9.17, 15) is 8.78 Å². The number of nitrogens with zero attached hydrogens (tertiary/aromatic N) is 1. The molecule has 0 unspecified atom stereocenters. The van der Waals surface area contributed by atoms with Crippen molar-refractivity contribution in [2.45, 2.75) is 0 Å². The number of rotatable bonds is 3. The van der Waals surface area contributed by atoms with E-state index in [-0.39, 0.29) is 5.56 Å². The van der Waals surface area contributed by atoms with Crippen molar-refractivity contribution < 1.29 is 8.78 Å². The van der Waals surface area contributed by atoms with Crippen LogP contribution in [0.2, 0.25) is 0 Å². The summed E-state index contributed by atoms with van der Waals surface area (Å²) >= 11 is 0. The summed E-state index contributed by atoms with van der Waals surface area (Å²) in [6, 6.07) is 22.9. The van der Waals surface area contributed by atoms with Gasteiger partial charge in [0.05, 0.1) is 17.0 Å². The van der Waals surface area contributed by atoms with Gasteiger partial charge in [0, 0.05) is 17.2 Å². The van der Waals surface area contributed by atoms with Crippen LogP contribution < -0.4 is 0 Å². The van der Waals surface area contributed by atoms with Crippen LogP contribution >= 0.6 is 0 Å². The van der Waals surface area contributed by atoms with Crippen LogP contribution in [0.1, 0.15) is 0 Å². The van der Waals surface area contributed by atoms with E-state index in [2.05, 4.69) is 9.97 Å². The Kier molecular flexibility index (Phi) is 3.86. The monoisotopic (exact) mass is 332 g/mol. The molecule has 0 bridgehead atoms. The van der Waals surface area contributed by atoms with Crippen LogP contribution in [0.4, 0.5) is 8.78 Å². The zero-order valence-electron chi connectivity index (χ0n) is 13.2. The second-order valence-electron chi connectivity index (χ2n) is 5.67. The molecule has 25 heavy (non-hydrogen) atoms. The van der Waals surface area contributed by atoms with Crippen molar-refractivity contribution in [1.82, 2.24) is 9.97 Å². The van der Waals surface area contributed by atoms with Gasteiger partial charge in [0.25, 0.3) is 0 Å². The maximum Gasteiger partial charge on any atom is 0.141 e. The van der Waals surface area contributed by atoms with Gasteiger partial charge >= 0.3 is 0 Å². The molecule has 0 saturated heterocycles. The van der Waals surface area contributed by atoms with Gasteiger partial charge in [-0.05, 0) is 12.1 Å². The lowest BCUT2D eigenvalue weighted by molar-refractivity contribution is 0.585. The van der Waals surface area contributed by atoms with E-state index >= 15 is 0 Å². The van der Waals surface area contributed by atoms with Crippen molar-refractivity contribution in [2.24, 2.45) is 0 Å². The number of nitrogens with one attached hydrogen (secondary N) is 1. The van der Waals surface area contributed by atoms with Gasteiger partial charge in [0.2, 0.25) is 0 Å². The quantitative estimate of drug-likeness (QED) is 0.513. The average Bonchev–Trinajstić information content (AvgIpc) is 3.08. The van der Waals surface area contributed by atoms with Gasteiger partial charge in [0.1, 0.15) is 17.5 Å². The summed E-state index contributed by atoms with van der Waals surface area (Å²) in [6.07, 6.45) is 0. The fourth-order valence-corrected chi connectivity index (χ4v) is 2.80. The summed E-state index contributed by atoms with van der Waals surface area (Å²) in [5, 5.41) is 0. The Morgan fingerprint density at radius 1 is 0.720 bits per heavy atom. The molecule has 0 atom stereocenters. The Balaban J connectivity index is 1.92. The Hall–Kier alpha value is -3.27. The second kappa shape index (κ2) is 6.32. The molecule has 0 spiro atoms. The number of aromatic amines is 1. The van der Waals surface area contributed by atoms with E-state index in [1.54, 1.807) is 0 Å². The molecule has 0 aliphatic heterocycles. The van der Waals surface area contributed by atoms with Crippen LogP contribution in [0.25, 0.3) is 33.9 Å². The van der Waals surface area contributed by atoms with Crippen LogP contribution in [-0.2, 0) is 0 Å². The third-order valence-electron chi connectivity index (χ3n) is 4.00. The number of hydrogen-bond donors (Lipinski definition) is 1. The van der Waals surface area contributed by atoms with Crippen LogP contribution in [0.3, 0.4) is 0 Å². The van der Waals surface area contributed by atoms with Crippen LogP contribution in [0.15, 0.2) is 78.9 Å². The Morgan fingerprint density at radius 2 is 1.36 bits per heavy atom. The summed E-state index contributed by atoms with van der Waals surface area (Å²) in [4.78, 5) is 7.80. The first-order chi connectivity index (χ1) is 12.2. The first-order valence-corrected chi connectivity index (χ1v) is 7.88. The molecule has 0 amide bonds. The highest BCUT2D eigenvalue weighted by molar-refractivity contribution is 5.81. The lowest BCUT2D eigenvalue weighted by Gasteiger charge is -2.02. The molecule has 122 valence electrons. The third-order valence-corrected chi connectivity index (χ3v) is 4.00. The molecule has 1 aromatic heterocycles. The third kappa shape index (κ3) is 2.94. The number of H-pyrrole nitrogens is 1. The molecule has 4 heteroatoms. The van der Waals surface area contributed by atoms with E-state index in [1.807, 2.05) is 60.7 Å². The zero-order chi connectivity index (χ0) is 17.2. The number of benzene rings is 3. The minimum absolute atomic E-state index is 0.237. The molecule has 0 aliphatic carbocycles. The van der Waals surface area contributed by atoms with Gasteiger partial charge in [-0.3, -0.25) is 0 Å². The van der Waals surface area contributed by atoms with Crippen LogP contribution in [0.5, 0.6) is 0 Å². The minimum Gasteiger partial charge on any atom is -0.337 e. The summed E-state index contributed by atoms with van der Waals surface area (Å²) in [5.74, 6) is -0.887. The van der Waals surface area contributed by atoms with Crippen molar-refractivity contribution in [1.29, 1.82) is 0 Å². The van der Waals surface area contributed by atoms with Gasteiger partial charge in [-0.25, -0.2) is 13.8 Å². The summed E-state index contributed by atoms with van der Waals surface area (Å²) < 4.78 is 27.4. The summed E-state index contributed by atoms with van der Waals surface area (Å²) in [7, 11) is 0. The molecular weight excluding hydrogens is 318 g/mol. The number of hydrogen-bond acceptors (Lipinski definition) is 1. The van der Waals surface area contributed by atoms with E-state index in [0.29, 0.717) is 5.82 Å². The van der Waals surface area contributed by atoms with Gasteiger partial charge < -0.3 is 4.98 Å². The van der Waals surface area contributed by atoms with Crippen LogP contribution in [-0.4, -0.2) is 9.97 Å². The fraction of sp³-hybridized carbons (Fsp3) is 0. The van der Waals surface area contributed by atoms with Crippen molar-refractivity contribution in [2.75, 3.05) is 0 Å². The largest absolute Gasteiger partial charge is 0.337 e. The molecular formula is C21H14F2N2. The molecule has 4 aromatic rings. The number of halogens is 2. The highest BCUT2D eigenvalue weighted by Gasteiger charge is 2.17. The standard InChI is InChI=1S/C21H14F2N2/c22-16-11-12-17(18(23)13-16)21-24-19(14-7-3-1-4-8-14)20(25-21)15-9-5-2-6-10-15/h1-13H,(H,24,25). The predicted molar refractivity (Wildman–Crippen MR) is 94.8 cm³/mol. The van der Waals surface area contributed by atoms with E-state index < -0.39 is 11.6 Å². The highest BCUT2D eigenvalue weighted by atomic mass is 19.1. The van der Waals surface area contributed by atoms with Crippen molar-refractivity contribution in [3.05, 3.63) is 90.5 Å². The molecule has 0 aliphatic rings. The molecule has 0 saturated carbocycles. The molecule has 3 aromatic carbocycles. The van der Waals surface area contributed by atoms with E-state index in [1.165, 1.54) is 12.1 Å². The SMILES string of the molecule is Fc1ccc(-c2nc(-c3ccccc3)c(-c3ccccc3)[nH]2)c(F)c1. The van der Waals surface area contributed by atoms with Gasteiger partial charge in [-0.15, -0.1) is 0 Å². The van der Waals surface area contributed by atoms with Gasteiger partial charge in [0.15, 0.2) is 0 Å². The fourth-order valence-electron chi connectivity index (χ4n) is 2.80. The minimum atomic E-state index is -0.645. The van der Waals surface area contributed by atoms with E-state index in [0.717, 1.165) is 28.6 Å². The van der Waals surface area contributed by atoms with Crippen molar-refractivity contribution in [3.8, 4) is 33.9 Å². The van der Waals surface area contributed by atoms with E-state index in [4.69, 9.17) is 0 Å². The predicted octanol–water partition coefficient (Wildman–Crippen LogP) is 5.69. The Bertz CT molecular complexity index is 952.